The fourth-order valence-electron chi connectivity index (χ4n) is 2.85. The van der Waals surface area contributed by atoms with Crippen LogP contribution in [0.15, 0.2) is 48.5 Å². The summed E-state index contributed by atoms with van der Waals surface area (Å²) >= 11 is 1.45. The first-order valence-electron chi connectivity index (χ1n) is 8.07. The second kappa shape index (κ2) is 5.99. The molecule has 0 spiro atoms. The first kappa shape index (κ1) is 15.2. The molecule has 1 atom stereocenters. The number of hydrogen-bond acceptors (Lipinski definition) is 7. The number of fused-ring (bicyclic) bond motifs is 2. The van der Waals surface area contributed by atoms with Crippen molar-refractivity contribution in [1.29, 1.82) is 0 Å². The maximum atomic E-state index is 6.04. The Morgan fingerprint density at radius 1 is 1.12 bits per heavy atom. The Hall–Kier alpha value is -3.13. The van der Waals surface area contributed by atoms with Crippen LogP contribution in [0.25, 0.3) is 16.3 Å². The molecule has 3 heterocycles. The van der Waals surface area contributed by atoms with Crippen molar-refractivity contribution >= 4 is 16.3 Å². The van der Waals surface area contributed by atoms with Gasteiger partial charge in [0, 0.05) is 5.56 Å². The zero-order valence-corrected chi connectivity index (χ0v) is 14.6. The average Bonchev–Trinajstić information content (AvgIpc) is 3.28. The molecule has 0 radical (unpaired) electrons. The lowest BCUT2D eigenvalue weighted by atomic mass is 10.2. The molecule has 0 amide bonds. The molecule has 0 fully saturated rings. The predicted octanol–water partition coefficient (Wildman–Crippen LogP) is 3.37. The maximum absolute atomic E-state index is 6.04. The number of benzene rings is 2. The first-order valence-corrected chi connectivity index (χ1v) is 8.88. The van der Waals surface area contributed by atoms with Gasteiger partial charge >= 0.3 is 0 Å². The molecular formula is C18H14N4O3S. The minimum atomic E-state index is -0.269. The number of nitrogens with zero attached hydrogens (tertiary/aromatic N) is 4. The van der Waals surface area contributed by atoms with Crippen molar-refractivity contribution in [2.45, 2.75) is 6.10 Å². The Kier molecular flexibility index (Phi) is 3.49. The number of methoxy groups -OCH3 is 1. The summed E-state index contributed by atoms with van der Waals surface area (Å²) in [7, 11) is 1.64. The van der Waals surface area contributed by atoms with E-state index in [1.807, 2.05) is 48.5 Å². The summed E-state index contributed by atoms with van der Waals surface area (Å²) < 4.78 is 18.9. The van der Waals surface area contributed by atoms with Gasteiger partial charge in [0.15, 0.2) is 28.4 Å². The van der Waals surface area contributed by atoms with E-state index in [4.69, 9.17) is 14.2 Å². The van der Waals surface area contributed by atoms with Gasteiger partial charge in [-0.15, -0.1) is 10.2 Å². The molecule has 1 aliphatic rings. The van der Waals surface area contributed by atoms with Crippen LogP contribution in [0.4, 0.5) is 0 Å². The molecule has 1 unspecified atom stereocenters. The zero-order valence-electron chi connectivity index (χ0n) is 13.8. The van der Waals surface area contributed by atoms with E-state index < -0.39 is 0 Å². The molecule has 0 saturated heterocycles. The molecule has 0 aliphatic carbocycles. The quantitative estimate of drug-likeness (QED) is 0.554. The van der Waals surface area contributed by atoms with Gasteiger partial charge in [0.2, 0.25) is 4.96 Å². The smallest absolute Gasteiger partial charge is 0.235 e. The fourth-order valence-corrected chi connectivity index (χ4v) is 3.70. The molecule has 130 valence electrons. The Labute approximate surface area is 152 Å². The Balaban J connectivity index is 1.51. The molecule has 2 aromatic carbocycles. The highest BCUT2D eigenvalue weighted by Crippen LogP contribution is 2.37. The van der Waals surface area contributed by atoms with Crippen molar-refractivity contribution in [2.75, 3.05) is 13.7 Å². The summed E-state index contributed by atoms with van der Waals surface area (Å²) in [5, 5.41) is 14.0. The van der Waals surface area contributed by atoms with E-state index in [0.29, 0.717) is 17.4 Å². The van der Waals surface area contributed by atoms with Crippen LogP contribution in [0.5, 0.6) is 17.2 Å². The van der Waals surface area contributed by atoms with Crippen LogP contribution >= 0.6 is 11.3 Å². The Morgan fingerprint density at radius 3 is 2.88 bits per heavy atom. The van der Waals surface area contributed by atoms with Gasteiger partial charge in [0.1, 0.15) is 12.4 Å². The minimum Gasteiger partial charge on any atom is -0.497 e. The van der Waals surface area contributed by atoms with Gasteiger partial charge in [0.05, 0.1) is 7.11 Å². The zero-order chi connectivity index (χ0) is 17.5. The molecule has 7 nitrogen and oxygen atoms in total. The van der Waals surface area contributed by atoms with Crippen LogP contribution in [0.3, 0.4) is 0 Å². The van der Waals surface area contributed by atoms with Gasteiger partial charge in [-0.05, 0) is 24.3 Å². The molecule has 0 N–H and O–H groups in total. The topological polar surface area (TPSA) is 70.8 Å². The molecule has 26 heavy (non-hydrogen) atoms. The van der Waals surface area contributed by atoms with Crippen molar-refractivity contribution in [2.24, 2.45) is 0 Å². The summed E-state index contributed by atoms with van der Waals surface area (Å²) in [6, 6.07) is 15.3. The SMILES string of the molecule is COc1cccc(-c2nnc3sc(C4COc5ccccc5O4)nn23)c1. The second-order valence-electron chi connectivity index (χ2n) is 5.75. The summed E-state index contributed by atoms with van der Waals surface area (Å²) in [5.74, 6) is 2.90. The summed E-state index contributed by atoms with van der Waals surface area (Å²) in [6.07, 6.45) is -0.269. The number of hydrogen-bond donors (Lipinski definition) is 0. The third kappa shape index (κ3) is 2.46. The standard InChI is InChI=1S/C18H14N4O3S/c1-23-12-6-4-5-11(9-12)16-19-20-18-22(16)21-17(26-18)15-10-24-13-7-2-3-8-14(13)25-15/h2-9,15H,10H2,1H3. The van der Waals surface area contributed by atoms with Crippen molar-refractivity contribution in [1.82, 2.24) is 19.8 Å². The van der Waals surface area contributed by atoms with E-state index in [2.05, 4.69) is 15.3 Å². The Morgan fingerprint density at radius 2 is 2.00 bits per heavy atom. The second-order valence-corrected chi connectivity index (χ2v) is 6.74. The first-order chi connectivity index (χ1) is 12.8. The van der Waals surface area contributed by atoms with Crippen LogP contribution in [-0.2, 0) is 0 Å². The van der Waals surface area contributed by atoms with E-state index >= 15 is 0 Å². The highest BCUT2D eigenvalue weighted by atomic mass is 32.1. The van der Waals surface area contributed by atoms with Crippen LogP contribution in [0.2, 0.25) is 0 Å². The van der Waals surface area contributed by atoms with E-state index in [9.17, 15) is 0 Å². The van der Waals surface area contributed by atoms with Crippen LogP contribution in [0, 0.1) is 0 Å². The number of rotatable bonds is 3. The molecule has 8 heteroatoms. The van der Waals surface area contributed by atoms with E-state index in [1.54, 1.807) is 11.6 Å². The van der Waals surface area contributed by atoms with Gasteiger partial charge < -0.3 is 14.2 Å². The highest BCUT2D eigenvalue weighted by Gasteiger charge is 2.27. The van der Waals surface area contributed by atoms with Gasteiger partial charge in [-0.3, -0.25) is 0 Å². The third-order valence-electron chi connectivity index (χ3n) is 4.12. The monoisotopic (exact) mass is 366 g/mol. The molecule has 5 rings (SSSR count). The van der Waals surface area contributed by atoms with Gasteiger partial charge in [-0.1, -0.05) is 35.6 Å². The van der Waals surface area contributed by atoms with Crippen LogP contribution in [0.1, 0.15) is 11.1 Å². The van der Waals surface area contributed by atoms with Crippen molar-refractivity contribution < 1.29 is 14.2 Å². The largest absolute Gasteiger partial charge is 0.497 e. The van der Waals surface area contributed by atoms with Gasteiger partial charge in [0.25, 0.3) is 0 Å². The minimum absolute atomic E-state index is 0.269. The average molecular weight is 366 g/mol. The van der Waals surface area contributed by atoms with E-state index in [0.717, 1.165) is 27.8 Å². The Bertz CT molecular complexity index is 1090. The normalized spacial score (nSPS) is 16.0. The summed E-state index contributed by atoms with van der Waals surface area (Å²) in [5.41, 5.74) is 0.889. The fraction of sp³-hybridized carbons (Fsp3) is 0.167. The van der Waals surface area contributed by atoms with Gasteiger partial charge in [-0.25, -0.2) is 0 Å². The molecule has 0 saturated carbocycles. The van der Waals surface area contributed by atoms with Crippen molar-refractivity contribution in [3.63, 3.8) is 0 Å². The maximum Gasteiger partial charge on any atom is 0.235 e. The van der Waals surface area contributed by atoms with Gasteiger partial charge in [-0.2, -0.15) is 9.61 Å². The number of ether oxygens (including phenoxy) is 3. The summed E-state index contributed by atoms with van der Waals surface area (Å²) in [6.45, 7) is 0.412. The summed E-state index contributed by atoms with van der Waals surface area (Å²) in [4.78, 5) is 0.709. The van der Waals surface area contributed by atoms with E-state index in [-0.39, 0.29) is 6.10 Å². The third-order valence-corrected chi connectivity index (χ3v) is 5.11. The van der Waals surface area contributed by atoms with Crippen LogP contribution < -0.4 is 14.2 Å². The lowest BCUT2D eigenvalue weighted by Gasteiger charge is -2.24. The number of para-hydroxylation sites is 2. The lowest BCUT2D eigenvalue weighted by Crippen LogP contribution is -2.21. The molecular weight excluding hydrogens is 352 g/mol. The van der Waals surface area contributed by atoms with Crippen LogP contribution in [-0.4, -0.2) is 33.5 Å². The van der Waals surface area contributed by atoms with E-state index in [1.165, 1.54) is 11.3 Å². The highest BCUT2D eigenvalue weighted by molar-refractivity contribution is 7.16. The molecule has 2 aromatic heterocycles. The van der Waals surface area contributed by atoms with Crippen molar-refractivity contribution in [3.8, 4) is 28.6 Å². The molecule has 4 aromatic rings. The molecule has 0 bridgehead atoms. The molecule has 1 aliphatic heterocycles. The predicted molar refractivity (Wildman–Crippen MR) is 96.0 cm³/mol. The van der Waals surface area contributed by atoms with Crippen molar-refractivity contribution in [3.05, 3.63) is 53.5 Å². The number of aromatic nitrogens is 4. The lowest BCUT2D eigenvalue weighted by molar-refractivity contribution is 0.0904.